The number of benzene rings is 1. The molecule has 0 saturated carbocycles. The van der Waals surface area contributed by atoms with E-state index in [1.54, 1.807) is 6.07 Å². The summed E-state index contributed by atoms with van der Waals surface area (Å²) in [4.78, 5) is 0. The van der Waals surface area contributed by atoms with Gasteiger partial charge < -0.3 is 10.1 Å². The molecule has 22 heavy (non-hydrogen) atoms. The van der Waals surface area contributed by atoms with Crippen LogP contribution in [0.2, 0.25) is 0 Å². The largest absolute Gasteiger partial charge is 0.371 e. The topological polar surface area (TPSA) is 47.0 Å². The Morgan fingerprint density at radius 1 is 1.18 bits per heavy atom. The van der Waals surface area contributed by atoms with Crippen molar-refractivity contribution >= 4 is 17.6 Å². The van der Waals surface area contributed by atoms with Gasteiger partial charge in [0, 0.05) is 6.61 Å². The van der Waals surface area contributed by atoms with Crippen LogP contribution >= 0.6 is 11.8 Å². The van der Waals surface area contributed by atoms with Crippen LogP contribution < -0.4 is 5.32 Å². The number of anilines is 1. The van der Waals surface area contributed by atoms with E-state index in [0.29, 0.717) is 18.0 Å². The van der Waals surface area contributed by atoms with Crippen molar-refractivity contribution in [3.05, 3.63) is 47.5 Å². The highest BCUT2D eigenvalue weighted by Crippen LogP contribution is 2.31. The number of hydrogen-bond donors (Lipinski definition) is 1. The zero-order chi connectivity index (χ0) is 15.5. The number of nitrogens with one attached hydrogen (secondary N) is 1. The Morgan fingerprint density at radius 3 is 2.73 bits per heavy atom. The highest BCUT2D eigenvalue weighted by molar-refractivity contribution is 7.98. The third kappa shape index (κ3) is 3.20. The van der Waals surface area contributed by atoms with Crippen LogP contribution in [0.3, 0.4) is 0 Å². The predicted octanol–water partition coefficient (Wildman–Crippen LogP) is 3.42. The number of hydrogen-bond acceptors (Lipinski definition) is 5. The molecule has 7 heteroatoms. The number of ether oxygens (including phenoxy) is 1. The third-order valence-electron chi connectivity index (χ3n) is 3.55. The molecule has 116 valence electrons. The average molecular weight is 323 g/mol. The van der Waals surface area contributed by atoms with Crippen LogP contribution in [0, 0.1) is 11.6 Å². The highest BCUT2D eigenvalue weighted by atomic mass is 32.2. The van der Waals surface area contributed by atoms with E-state index in [1.165, 1.54) is 17.8 Å². The van der Waals surface area contributed by atoms with Gasteiger partial charge >= 0.3 is 0 Å². The van der Waals surface area contributed by atoms with Crippen molar-refractivity contribution in [2.45, 2.75) is 23.6 Å². The lowest BCUT2D eigenvalue weighted by molar-refractivity contribution is 0.107. The minimum absolute atomic E-state index is 0.0562. The van der Waals surface area contributed by atoms with Crippen LogP contribution in [0.5, 0.6) is 0 Å². The van der Waals surface area contributed by atoms with Gasteiger partial charge in [-0.05, 0) is 42.5 Å². The summed E-state index contributed by atoms with van der Waals surface area (Å²) < 4.78 is 32.1. The Kier molecular flexibility index (Phi) is 4.54. The molecule has 1 saturated heterocycles. The standard InChI is InChI=1S/C15H15F2N3OS/c1-22-14-5-4-13(19-20-14)18-12-6-7-21-15(12)9-2-3-10(16)11(17)8-9/h2-5,8,12,15H,6-7H2,1H3,(H,18,19). The highest BCUT2D eigenvalue weighted by Gasteiger charge is 2.30. The van der Waals surface area contributed by atoms with Crippen LogP contribution in [0.4, 0.5) is 14.6 Å². The van der Waals surface area contributed by atoms with E-state index in [-0.39, 0.29) is 12.1 Å². The summed E-state index contributed by atoms with van der Waals surface area (Å²) in [6.07, 6.45) is 2.36. The van der Waals surface area contributed by atoms with E-state index in [9.17, 15) is 8.78 Å². The summed E-state index contributed by atoms with van der Waals surface area (Å²) in [6.45, 7) is 0.553. The second kappa shape index (κ2) is 6.58. The normalized spacial score (nSPS) is 21.0. The fourth-order valence-electron chi connectivity index (χ4n) is 2.45. The van der Waals surface area contributed by atoms with Crippen LogP contribution in [0.1, 0.15) is 18.1 Å². The van der Waals surface area contributed by atoms with Gasteiger partial charge in [0.05, 0.1) is 6.04 Å². The SMILES string of the molecule is CSc1ccc(NC2CCOC2c2ccc(F)c(F)c2)nn1. The number of nitrogens with zero attached hydrogens (tertiary/aromatic N) is 2. The van der Waals surface area contributed by atoms with Gasteiger partial charge in [0.2, 0.25) is 0 Å². The van der Waals surface area contributed by atoms with Gasteiger partial charge in [0.25, 0.3) is 0 Å². The molecule has 0 spiro atoms. The Hall–Kier alpha value is -1.73. The molecule has 0 aliphatic carbocycles. The first-order chi connectivity index (χ1) is 10.7. The summed E-state index contributed by atoms with van der Waals surface area (Å²) in [6, 6.07) is 7.52. The lowest BCUT2D eigenvalue weighted by Crippen LogP contribution is -2.24. The quantitative estimate of drug-likeness (QED) is 0.874. The molecule has 4 nitrogen and oxygen atoms in total. The van der Waals surface area contributed by atoms with Gasteiger partial charge in [-0.15, -0.1) is 22.0 Å². The van der Waals surface area contributed by atoms with Crippen molar-refractivity contribution in [3.8, 4) is 0 Å². The summed E-state index contributed by atoms with van der Waals surface area (Å²) in [5, 5.41) is 12.3. The molecule has 2 unspecified atom stereocenters. The minimum Gasteiger partial charge on any atom is -0.371 e. The van der Waals surface area contributed by atoms with E-state index in [1.807, 2.05) is 18.4 Å². The maximum Gasteiger partial charge on any atom is 0.159 e. The molecule has 2 heterocycles. The fourth-order valence-corrected chi connectivity index (χ4v) is 2.78. The monoisotopic (exact) mass is 323 g/mol. The predicted molar refractivity (Wildman–Crippen MR) is 80.9 cm³/mol. The van der Waals surface area contributed by atoms with Crippen LogP contribution in [-0.2, 0) is 4.74 Å². The molecule has 1 aliphatic heterocycles. The van der Waals surface area contributed by atoms with E-state index >= 15 is 0 Å². The van der Waals surface area contributed by atoms with Gasteiger partial charge in [0.15, 0.2) is 11.6 Å². The first-order valence-electron chi connectivity index (χ1n) is 6.88. The zero-order valence-electron chi connectivity index (χ0n) is 11.9. The summed E-state index contributed by atoms with van der Waals surface area (Å²) in [7, 11) is 0. The van der Waals surface area contributed by atoms with E-state index in [4.69, 9.17) is 4.74 Å². The summed E-state index contributed by atoms with van der Waals surface area (Å²) in [5.41, 5.74) is 0.614. The van der Waals surface area contributed by atoms with Gasteiger partial charge in [-0.1, -0.05) is 6.07 Å². The molecule has 1 aromatic heterocycles. The second-order valence-corrected chi connectivity index (χ2v) is 5.79. The molecule has 1 N–H and O–H groups in total. The van der Waals surface area contributed by atoms with Gasteiger partial charge in [-0.2, -0.15) is 0 Å². The number of aromatic nitrogens is 2. The van der Waals surface area contributed by atoms with Crippen molar-refractivity contribution in [1.29, 1.82) is 0 Å². The first kappa shape index (κ1) is 15.2. The average Bonchev–Trinajstić information content (AvgIpc) is 2.99. The fraction of sp³-hybridized carbons (Fsp3) is 0.333. The van der Waals surface area contributed by atoms with Gasteiger partial charge in [-0.3, -0.25) is 0 Å². The summed E-state index contributed by atoms with van der Waals surface area (Å²) in [5.74, 6) is -1.08. The molecular weight excluding hydrogens is 308 g/mol. The van der Waals surface area contributed by atoms with Crippen molar-refractivity contribution in [1.82, 2.24) is 10.2 Å². The molecular formula is C15H15F2N3OS. The number of halogens is 2. The Bertz CT molecular complexity index is 654. The molecule has 0 bridgehead atoms. The molecule has 3 rings (SSSR count). The van der Waals surface area contributed by atoms with Gasteiger partial charge in [0.1, 0.15) is 16.9 Å². The molecule has 2 atom stereocenters. The first-order valence-corrected chi connectivity index (χ1v) is 8.10. The maximum absolute atomic E-state index is 13.4. The van der Waals surface area contributed by atoms with E-state index in [2.05, 4.69) is 15.5 Å². The lowest BCUT2D eigenvalue weighted by Gasteiger charge is -2.20. The third-order valence-corrected chi connectivity index (χ3v) is 4.18. The second-order valence-electron chi connectivity index (χ2n) is 4.97. The molecule has 1 aromatic carbocycles. The van der Waals surface area contributed by atoms with Crippen molar-refractivity contribution in [2.24, 2.45) is 0 Å². The van der Waals surface area contributed by atoms with Gasteiger partial charge in [-0.25, -0.2) is 8.78 Å². The Labute approximate surface area is 131 Å². The molecule has 0 amide bonds. The Morgan fingerprint density at radius 2 is 2.05 bits per heavy atom. The Balaban J connectivity index is 1.76. The smallest absolute Gasteiger partial charge is 0.159 e. The number of rotatable bonds is 4. The molecule has 0 radical (unpaired) electrons. The number of thioether (sulfide) groups is 1. The maximum atomic E-state index is 13.4. The molecule has 1 aliphatic rings. The lowest BCUT2D eigenvalue weighted by atomic mass is 10.0. The van der Waals surface area contributed by atoms with Crippen LogP contribution in [0.15, 0.2) is 35.4 Å². The van der Waals surface area contributed by atoms with E-state index < -0.39 is 11.6 Å². The zero-order valence-corrected chi connectivity index (χ0v) is 12.7. The van der Waals surface area contributed by atoms with Crippen molar-refractivity contribution < 1.29 is 13.5 Å². The summed E-state index contributed by atoms with van der Waals surface area (Å²) >= 11 is 1.52. The van der Waals surface area contributed by atoms with E-state index in [0.717, 1.165) is 17.5 Å². The minimum atomic E-state index is -0.865. The van der Waals surface area contributed by atoms with Crippen molar-refractivity contribution in [3.63, 3.8) is 0 Å². The molecule has 2 aromatic rings. The molecule has 1 fully saturated rings. The van der Waals surface area contributed by atoms with Crippen LogP contribution in [-0.4, -0.2) is 29.1 Å². The van der Waals surface area contributed by atoms with Crippen LogP contribution in [0.25, 0.3) is 0 Å². The van der Waals surface area contributed by atoms with Crippen molar-refractivity contribution in [2.75, 3.05) is 18.2 Å².